The summed E-state index contributed by atoms with van der Waals surface area (Å²) in [6, 6.07) is 2.46. The molecule has 0 fully saturated rings. The van der Waals surface area contributed by atoms with Gasteiger partial charge in [-0.25, -0.2) is 4.79 Å². The van der Waals surface area contributed by atoms with Gasteiger partial charge in [0.05, 0.1) is 4.90 Å². The van der Waals surface area contributed by atoms with Gasteiger partial charge in [-0.05, 0) is 18.2 Å². The van der Waals surface area contributed by atoms with E-state index in [-0.39, 0.29) is 52.8 Å². The Kier molecular flexibility index (Phi) is 5.40. The van der Waals surface area contributed by atoms with Crippen LogP contribution in [0.25, 0.3) is 0 Å². The molecule has 0 radical (unpaired) electrons. The van der Waals surface area contributed by atoms with Crippen LogP contribution in [0.4, 0.5) is 0 Å². The predicted octanol–water partition coefficient (Wildman–Crippen LogP) is -2.55. The molecule has 0 aliphatic rings. The molecule has 0 amide bonds. The largest absolute Gasteiger partial charge is 1.00 e. The van der Waals surface area contributed by atoms with Gasteiger partial charge in [0.25, 0.3) is 10.1 Å². The Bertz CT molecular complexity index is 486. The summed E-state index contributed by atoms with van der Waals surface area (Å²) < 4.78 is 29.8. The summed E-state index contributed by atoms with van der Waals surface area (Å²) in [5.74, 6) is -2.04. The van der Waals surface area contributed by atoms with Crippen LogP contribution < -0.4 is 51.4 Å². The van der Waals surface area contributed by atoms with Gasteiger partial charge in [0.15, 0.2) is 0 Å². The fraction of sp³-hybridized carbons (Fsp3) is 0. The van der Waals surface area contributed by atoms with Gasteiger partial charge in [-0.1, -0.05) is 0 Å². The summed E-state index contributed by atoms with van der Waals surface area (Å²) in [4.78, 5) is 9.89. The maximum Gasteiger partial charge on any atom is 1.00 e. The van der Waals surface area contributed by atoms with Crippen molar-refractivity contribution in [2.75, 3.05) is 0 Å². The molecule has 0 spiro atoms. The Morgan fingerprint density at radius 1 is 1.33 bits per heavy atom. The molecule has 0 heterocycles. The number of aromatic carboxylic acids is 1. The minimum absolute atomic E-state index is 0. The van der Waals surface area contributed by atoms with Crippen LogP contribution in [0.3, 0.4) is 0 Å². The number of carbonyl (C=O) groups is 1. The zero-order chi connectivity index (χ0) is 10.9. The summed E-state index contributed by atoms with van der Waals surface area (Å²) in [5.41, 5.74) is -0.583. The van der Waals surface area contributed by atoms with Crippen LogP contribution in [0, 0.1) is 0 Å². The molecule has 78 valence electrons. The first-order valence-corrected chi connectivity index (χ1v) is 4.80. The van der Waals surface area contributed by atoms with E-state index in [0.717, 1.165) is 12.1 Å². The number of benzene rings is 1. The van der Waals surface area contributed by atoms with Crippen molar-refractivity contribution in [3.8, 4) is 5.75 Å². The molecule has 1 aromatic carbocycles. The molecule has 0 aliphatic carbocycles. The fourth-order valence-corrected chi connectivity index (χ4v) is 1.35. The van der Waals surface area contributed by atoms with Gasteiger partial charge in [-0.3, -0.25) is 4.55 Å². The molecular formula is C7H7KO6S. The average Bonchev–Trinajstić information content (AvgIpc) is 2.02. The van der Waals surface area contributed by atoms with E-state index in [0.29, 0.717) is 6.07 Å². The predicted molar refractivity (Wildman–Crippen MR) is 46.0 cm³/mol. The van der Waals surface area contributed by atoms with Crippen LogP contribution in [0.1, 0.15) is 11.8 Å². The van der Waals surface area contributed by atoms with Crippen LogP contribution in [-0.4, -0.2) is 29.2 Å². The van der Waals surface area contributed by atoms with Crippen molar-refractivity contribution < 1.29 is 80.8 Å². The Morgan fingerprint density at radius 2 is 1.87 bits per heavy atom. The first-order valence-electron chi connectivity index (χ1n) is 3.36. The average molecular weight is 258 g/mol. The van der Waals surface area contributed by atoms with Gasteiger partial charge in [0.2, 0.25) is 0 Å². The maximum atomic E-state index is 10.6. The molecule has 8 heteroatoms. The van der Waals surface area contributed by atoms with Crippen LogP contribution in [-0.2, 0) is 10.1 Å². The molecule has 0 aliphatic heterocycles. The van der Waals surface area contributed by atoms with E-state index in [1.54, 1.807) is 0 Å². The molecule has 1 rings (SSSR count). The fourth-order valence-electron chi connectivity index (χ4n) is 0.847. The number of hydrogen-bond acceptors (Lipinski definition) is 4. The minimum Gasteiger partial charge on any atom is -1.00 e. The molecule has 0 unspecified atom stereocenters. The van der Waals surface area contributed by atoms with Crippen LogP contribution in [0.15, 0.2) is 23.1 Å². The van der Waals surface area contributed by atoms with Crippen molar-refractivity contribution >= 4 is 16.1 Å². The van der Waals surface area contributed by atoms with E-state index in [9.17, 15) is 13.2 Å². The van der Waals surface area contributed by atoms with Gasteiger partial charge in [0.1, 0.15) is 11.3 Å². The number of rotatable bonds is 2. The molecular weight excluding hydrogens is 251 g/mol. The van der Waals surface area contributed by atoms with Crippen molar-refractivity contribution in [1.29, 1.82) is 0 Å². The van der Waals surface area contributed by atoms with Crippen molar-refractivity contribution in [3.63, 3.8) is 0 Å². The SMILES string of the molecule is O=C(O)c1cc(S(=O)(=O)O)ccc1O.[H-].[K+]. The zero-order valence-corrected chi connectivity index (χ0v) is 11.6. The molecule has 3 N–H and O–H groups in total. The Morgan fingerprint density at radius 3 is 2.27 bits per heavy atom. The molecule has 0 bridgehead atoms. The third-order valence-corrected chi connectivity index (χ3v) is 2.35. The molecule has 1 aromatic rings. The van der Waals surface area contributed by atoms with Crippen LogP contribution in [0.5, 0.6) is 5.75 Å². The number of phenols is 1. The summed E-state index contributed by atoms with van der Waals surface area (Å²) in [6.07, 6.45) is 0. The monoisotopic (exact) mass is 258 g/mol. The molecule has 6 nitrogen and oxygen atoms in total. The maximum absolute atomic E-state index is 10.6. The van der Waals surface area contributed by atoms with Crippen molar-refractivity contribution in [2.45, 2.75) is 4.90 Å². The standard InChI is InChI=1S/C7H6O6S.K.H/c8-6-2-1-4(14(11,12)13)3-5(6)7(9)10;;/h1-3,8H,(H,9,10)(H,11,12,13);;/q;+1;-1. The van der Waals surface area contributed by atoms with E-state index in [2.05, 4.69) is 0 Å². The molecule has 0 saturated carbocycles. The number of aromatic hydroxyl groups is 1. The second-order valence-corrected chi connectivity index (χ2v) is 3.88. The van der Waals surface area contributed by atoms with E-state index in [4.69, 9.17) is 14.8 Å². The Hall–Kier alpha value is 0.0364. The second kappa shape index (κ2) is 5.39. The first kappa shape index (κ1) is 15.0. The van der Waals surface area contributed by atoms with Crippen molar-refractivity contribution in [2.24, 2.45) is 0 Å². The smallest absolute Gasteiger partial charge is 1.00 e. The van der Waals surface area contributed by atoms with E-state index >= 15 is 0 Å². The first-order chi connectivity index (χ1) is 6.32. The molecule has 0 atom stereocenters. The molecule has 15 heavy (non-hydrogen) atoms. The van der Waals surface area contributed by atoms with Crippen molar-refractivity contribution in [1.82, 2.24) is 0 Å². The second-order valence-electron chi connectivity index (χ2n) is 2.46. The van der Waals surface area contributed by atoms with Crippen molar-refractivity contribution in [3.05, 3.63) is 23.8 Å². The quantitative estimate of drug-likeness (QED) is 0.398. The van der Waals surface area contributed by atoms with Gasteiger partial charge >= 0.3 is 57.4 Å². The van der Waals surface area contributed by atoms with E-state index in [1.807, 2.05) is 0 Å². The van der Waals surface area contributed by atoms with Crippen LogP contribution in [0.2, 0.25) is 0 Å². The van der Waals surface area contributed by atoms with Gasteiger partial charge < -0.3 is 11.6 Å². The molecule has 0 saturated heterocycles. The van der Waals surface area contributed by atoms with Gasteiger partial charge in [-0.2, -0.15) is 8.42 Å². The topological polar surface area (TPSA) is 112 Å². The number of hydrogen-bond donors (Lipinski definition) is 3. The third kappa shape index (κ3) is 3.83. The summed E-state index contributed by atoms with van der Waals surface area (Å²) >= 11 is 0. The van der Waals surface area contributed by atoms with Crippen LogP contribution >= 0.6 is 0 Å². The summed E-state index contributed by atoms with van der Waals surface area (Å²) in [5, 5.41) is 17.5. The van der Waals surface area contributed by atoms with E-state index < -0.39 is 32.3 Å². The van der Waals surface area contributed by atoms with Gasteiger partial charge in [-0.15, -0.1) is 0 Å². The van der Waals surface area contributed by atoms with Gasteiger partial charge in [0, 0.05) is 0 Å². The summed E-state index contributed by atoms with van der Waals surface area (Å²) in [6.45, 7) is 0. The molecule has 0 aromatic heterocycles. The normalized spacial score (nSPS) is 10.5. The third-order valence-electron chi connectivity index (χ3n) is 1.50. The minimum atomic E-state index is -4.45. The summed E-state index contributed by atoms with van der Waals surface area (Å²) in [7, 11) is -4.45. The Balaban J connectivity index is 0. The van der Waals surface area contributed by atoms with E-state index in [1.165, 1.54) is 0 Å². The number of carboxylic acids is 1. The Labute approximate surface area is 130 Å². The zero-order valence-electron chi connectivity index (χ0n) is 8.71. The number of carboxylic acid groups (broad SMARTS) is 1.